The number of ether oxygens (including phenoxy) is 1. The van der Waals surface area contributed by atoms with E-state index in [0.717, 1.165) is 10.2 Å². The molecular weight excluding hydrogens is 278 g/mol. The topological polar surface area (TPSA) is 35.2 Å². The molecule has 0 radical (unpaired) electrons. The molecule has 1 rings (SSSR count). The summed E-state index contributed by atoms with van der Waals surface area (Å²) in [5, 5.41) is 0. The van der Waals surface area contributed by atoms with Crippen LogP contribution >= 0.6 is 15.9 Å². The second-order valence-electron chi connectivity index (χ2n) is 5.49. The van der Waals surface area contributed by atoms with E-state index in [2.05, 4.69) is 49.7 Å². The molecule has 2 nitrogen and oxygen atoms in total. The molecule has 0 unspecified atom stereocenters. The normalized spacial score (nSPS) is 11.9. The summed E-state index contributed by atoms with van der Waals surface area (Å²) >= 11 is 3.49. The van der Waals surface area contributed by atoms with E-state index in [1.165, 1.54) is 5.56 Å². The van der Waals surface area contributed by atoms with Crippen LogP contribution in [0.1, 0.15) is 39.2 Å². The van der Waals surface area contributed by atoms with Gasteiger partial charge in [0.1, 0.15) is 5.75 Å². The first-order valence-electron chi connectivity index (χ1n) is 5.98. The van der Waals surface area contributed by atoms with Crippen LogP contribution < -0.4 is 10.5 Å². The van der Waals surface area contributed by atoms with E-state index < -0.39 is 0 Å². The molecule has 0 fully saturated rings. The van der Waals surface area contributed by atoms with Gasteiger partial charge in [-0.15, -0.1) is 0 Å². The van der Waals surface area contributed by atoms with Crippen molar-refractivity contribution in [2.45, 2.75) is 33.6 Å². The molecule has 0 aliphatic carbocycles. The third-order valence-electron chi connectivity index (χ3n) is 2.76. The lowest BCUT2D eigenvalue weighted by atomic mass is 9.95. The van der Waals surface area contributed by atoms with Gasteiger partial charge in [-0.05, 0) is 29.7 Å². The molecule has 0 bridgehead atoms. The van der Waals surface area contributed by atoms with E-state index in [1.54, 1.807) is 0 Å². The Balaban J connectivity index is 2.84. The van der Waals surface area contributed by atoms with E-state index in [1.807, 2.05) is 12.1 Å². The molecule has 2 N–H and O–H groups in total. The molecule has 96 valence electrons. The maximum Gasteiger partial charge on any atom is 0.122 e. The Morgan fingerprint density at radius 3 is 2.53 bits per heavy atom. The van der Waals surface area contributed by atoms with Gasteiger partial charge in [0, 0.05) is 16.4 Å². The van der Waals surface area contributed by atoms with E-state index in [-0.39, 0.29) is 5.41 Å². The number of rotatable bonds is 5. The molecule has 0 amide bonds. The third kappa shape index (κ3) is 4.32. The molecule has 0 spiro atoms. The van der Waals surface area contributed by atoms with Gasteiger partial charge in [-0.2, -0.15) is 0 Å². The monoisotopic (exact) mass is 299 g/mol. The Morgan fingerprint density at radius 2 is 2.00 bits per heavy atom. The first kappa shape index (κ1) is 14.5. The number of halogens is 1. The Labute approximate surface area is 113 Å². The first-order chi connectivity index (χ1) is 7.85. The van der Waals surface area contributed by atoms with Crippen LogP contribution in [-0.4, -0.2) is 13.2 Å². The summed E-state index contributed by atoms with van der Waals surface area (Å²) < 4.78 is 7.00. The van der Waals surface area contributed by atoms with Gasteiger partial charge in [-0.25, -0.2) is 0 Å². The summed E-state index contributed by atoms with van der Waals surface area (Å²) in [6, 6.07) is 6.15. The van der Waals surface area contributed by atoms with E-state index in [0.29, 0.717) is 19.1 Å². The lowest BCUT2D eigenvalue weighted by molar-refractivity contribution is 0.185. The van der Waals surface area contributed by atoms with Crippen LogP contribution in [0.25, 0.3) is 0 Å². The van der Waals surface area contributed by atoms with Gasteiger partial charge in [0.05, 0.1) is 6.61 Å². The Morgan fingerprint density at radius 1 is 1.35 bits per heavy atom. The van der Waals surface area contributed by atoms with Gasteiger partial charge in [0.25, 0.3) is 0 Å². The minimum absolute atomic E-state index is 0.0152. The fourth-order valence-electron chi connectivity index (χ4n) is 1.43. The molecular formula is C14H22BrNO. The average Bonchev–Trinajstić information content (AvgIpc) is 2.27. The van der Waals surface area contributed by atoms with Gasteiger partial charge >= 0.3 is 0 Å². The van der Waals surface area contributed by atoms with Crippen LogP contribution in [0, 0.1) is 5.41 Å². The molecule has 0 aromatic heterocycles. The average molecular weight is 300 g/mol. The second-order valence-corrected chi connectivity index (χ2v) is 6.41. The lowest BCUT2D eigenvalue weighted by Gasteiger charge is -2.24. The molecule has 17 heavy (non-hydrogen) atoms. The SMILES string of the molecule is CC(C)c1cc(Br)ccc1OCC(C)(C)CN. The predicted molar refractivity (Wildman–Crippen MR) is 76.6 cm³/mol. The lowest BCUT2D eigenvalue weighted by Crippen LogP contribution is -2.30. The molecule has 3 heteroatoms. The third-order valence-corrected chi connectivity index (χ3v) is 3.26. The van der Waals surface area contributed by atoms with Crippen molar-refractivity contribution in [1.82, 2.24) is 0 Å². The van der Waals surface area contributed by atoms with Crippen molar-refractivity contribution in [3.05, 3.63) is 28.2 Å². The largest absolute Gasteiger partial charge is 0.493 e. The van der Waals surface area contributed by atoms with Gasteiger partial charge in [-0.1, -0.05) is 43.6 Å². The van der Waals surface area contributed by atoms with Crippen molar-refractivity contribution in [3.63, 3.8) is 0 Å². The van der Waals surface area contributed by atoms with Crippen LogP contribution in [-0.2, 0) is 0 Å². The minimum Gasteiger partial charge on any atom is -0.493 e. The number of benzene rings is 1. The molecule has 1 aromatic carbocycles. The second kappa shape index (κ2) is 5.87. The van der Waals surface area contributed by atoms with Crippen LogP contribution in [0.2, 0.25) is 0 Å². The summed E-state index contributed by atoms with van der Waals surface area (Å²) in [5.41, 5.74) is 6.95. The Bertz CT molecular complexity index is 374. The van der Waals surface area contributed by atoms with Crippen LogP contribution in [0.15, 0.2) is 22.7 Å². The van der Waals surface area contributed by atoms with Gasteiger partial charge in [0.15, 0.2) is 0 Å². The zero-order chi connectivity index (χ0) is 13.1. The molecule has 0 saturated carbocycles. The van der Waals surface area contributed by atoms with Crippen molar-refractivity contribution >= 4 is 15.9 Å². The van der Waals surface area contributed by atoms with Crippen molar-refractivity contribution < 1.29 is 4.74 Å². The Kier molecular flexibility index (Phi) is 5.02. The van der Waals surface area contributed by atoms with E-state index in [9.17, 15) is 0 Å². The molecule has 0 saturated heterocycles. The molecule has 0 atom stereocenters. The van der Waals surface area contributed by atoms with Crippen molar-refractivity contribution in [2.75, 3.05) is 13.2 Å². The summed E-state index contributed by atoms with van der Waals surface area (Å²) in [7, 11) is 0. The number of nitrogens with two attached hydrogens (primary N) is 1. The van der Waals surface area contributed by atoms with Crippen molar-refractivity contribution in [1.29, 1.82) is 0 Å². The molecule has 0 aliphatic heterocycles. The summed E-state index contributed by atoms with van der Waals surface area (Å²) in [4.78, 5) is 0. The van der Waals surface area contributed by atoms with Crippen LogP contribution in [0.3, 0.4) is 0 Å². The zero-order valence-corrected chi connectivity index (χ0v) is 12.7. The van der Waals surface area contributed by atoms with E-state index >= 15 is 0 Å². The van der Waals surface area contributed by atoms with Gasteiger partial charge in [0.2, 0.25) is 0 Å². The van der Waals surface area contributed by atoms with Crippen molar-refractivity contribution in [3.8, 4) is 5.75 Å². The van der Waals surface area contributed by atoms with E-state index in [4.69, 9.17) is 10.5 Å². The zero-order valence-electron chi connectivity index (χ0n) is 11.1. The number of hydrogen-bond donors (Lipinski definition) is 1. The molecule has 0 aliphatic rings. The number of hydrogen-bond acceptors (Lipinski definition) is 2. The highest BCUT2D eigenvalue weighted by atomic mass is 79.9. The summed E-state index contributed by atoms with van der Waals surface area (Å²) in [6.07, 6.45) is 0. The van der Waals surface area contributed by atoms with Gasteiger partial charge < -0.3 is 10.5 Å². The van der Waals surface area contributed by atoms with Crippen LogP contribution in [0.5, 0.6) is 5.75 Å². The highest BCUT2D eigenvalue weighted by Gasteiger charge is 2.18. The fraction of sp³-hybridized carbons (Fsp3) is 0.571. The fourth-order valence-corrected chi connectivity index (χ4v) is 1.81. The maximum atomic E-state index is 5.91. The maximum absolute atomic E-state index is 5.91. The minimum atomic E-state index is 0.0152. The Hall–Kier alpha value is -0.540. The first-order valence-corrected chi connectivity index (χ1v) is 6.77. The van der Waals surface area contributed by atoms with Gasteiger partial charge in [-0.3, -0.25) is 0 Å². The molecule has 0 heterocycles. The predicted octanol–water partition coefficient (Wildman–Crippen LogP) is 3.94. The standard InChI is InChI=1S/C14H22BrNO/c1-10(2)12-7-11(15)5-6-13(12)17-9-14(3,4)8-16/h5-7,10H,8-9,16H2,1-4H3. The highest BCUT2D eigenvalue weighted by molar-refractivity contribution is 9.10. The summed E-state index contributed by atoms with van der Waals surface area (Å²) in [6.45, 7) is 9.83. The smallest absolute Gasteiger partial charge is 0.122 e. The summed E-state index contributed by atoms with van der Waals surface area (Å²) in [5.74, 6) is 1.41. The van der Waals surface area contributed by atoms with Crippen LogP contribution in [0.4, 0.5) is 0 Å². The van der Waals surface area contributed by atoms with Crippen molar-refractivity contribution in [2.24, 2.45) is 11.1 Å². The molecule has 1 aromatic rings. The quantitative estimate of drug-likeness (QED) is 0.894. The highest BCUT2D eigenvalue weighted by Crippen LogP contribution is 2.30.